The van der Waals surface area contributed by atoms with Gasteiger partial charge in [-0.3, -0.25) is 9.36 Å². The number of nitrogens with one attached hydrogen (secondary N) is 1. The van der Waals surface area contributed by atoms with Gasteiger partial charge in [-0.05, 0) is 12.8 Å². The Bertz CT molecular complexity index is 586. The van der Waals surface area contributed by atoms with Crippen molar-refractivity contribution in [2.75, 3.05) is 54.1 Å². The normalized spacial score (nSPS) is 14.4. The lowest BCUT2D eigenvalue weighted by atomic mass is 10.1. The van der Waals surface area contributed by atoms with Crippen LogP contribution in [0.15, 0.2) is 0 Å². The summed E-state index contributed by atoms with van der Waals surface area (Å²) >= 11 is 0. The highest BCUT2D eigenvalue weighted by Crippen LogP contribution is 2.38. The Morgan fingerprint density at radius 1 is 0.784 bits per heavy atom. The maximum Gasteiger partial charge on any atom is 0.268 e. The van der Waals surface area contributed by atoms with Crippen LogP contribution < -0.4 is 10.2 Å². The minimum Gasteiger partial charge on any atom is -0.756 e. The highest BCUT2D eigenvalue weighted by atomic mass is 31.2. The minimum atomic E-state index is -4.43. The first-order valence-electron chi connectivity index (χ1n) is 14.9. The van der Waals surface area contributed by atoms with E-state index in [9.17, 15) is 14.3 Å². The van der Waals surface area contributed by atoms with Gasteiger partial charge in [0.25, 0.3) is 7.82 Å². The smallest absolute Gasteiger partial charge is 0.268 e. The Morgan fingerprint density at radius 3 is 1.84 bits per heavy atom. The summed E-state index contributed by atoms with van der Waals surface area (Å²) in [5, 5.41) is 2.88. The minimum absolute atomic E-state index is 0.0338. The molecule has 0 radical (unpaired) electrons. The van der Waals surface area contributed by atoms with Crippen molar-refractivity contribution in [3.63, 3.8) is 0 Å². The number of phosphoric ester groups is 1. The van der Waals surface area contributed by atoms with E-state index < -0.39 is 13.9 Å². The van der Waals surface area contributed by atoms with E-state index in [2.05, 4.69) is 19.2 Å². The van der Waals surface area contributed by atoms with Crippen molar-refractivity contribution in [2.24, 2.45) is 0 Å². The van der Waals surface area contributed by atoms with Crippen molar-refractivity contribution in [1.82, 2.24) is 5.32 Å². The molecule has 1 unspecified atom stereocenters. The van der Waals surface area contributed by atoms with Crippen LogP contribution in [0.1, 0.15) is 117 Å². The molecule has 0 heterocycles. The number of carbonyl (C=O) groups excluding carboxylic acids is 1. The van der Waals surface area contributed by atoms with Crippen LogP contribution in [0.25, 0.3) is 0 Å². The number of likely N-dealkylation sites (N-methyl/N-ethyl adjacent to an activating group) is 1. The number of hydrogen-bond acceptors (Lipinski definition) is 6. The summed E-state index contributed by atoms with van der Waals surface area (Å²) in [6, 6.07) is 0. The number of amides is 1. The molecular weight excluding hydrogens is 491 g/mol. The number of phosphoric acid groups is 1. The molecule has 37 heavy (non-hydrogen) atoms. The molecule has 8 nitrogen and oxygen atoms in total. The molecule has 0 saturated carbocycles. The largest absolute Gasteiger partial charge is 0.756 e. The number of ether oxygens (including phenoxy) is 1. The molecule has 0 aromatic rings. The highest BCUT2D eigenvalue weighted by molar-refractivity contribution is 7.45. The van der Waals surface area contributed by atoms with Gasteiger partial charge >= 0.3 is 0 Å². The standard InChI is InChI=1S/C28H59N2O6P/c1-6-8-10-12-13-14-15-16-18-20-23-34-27(25-29-28(31)21-19-17-11-9-7-2)26-36-37(32,33)35-24-22-30(3,4)5/h27H,6-26H2,1-5H3,(H-,29,31,32,33)/t27-/m1/s1. The molecule has 2 atom stereocenters. The summed E-state index contributed by atoms with van der Waals surface area (Å²) in [7, 11) is 1.46. The second-order valence-corrected chi connectivity index (χ2v) is 12.6. The van der Waals surface area contributed by atoms with E-state index in [1.165, 1.54) is 64.2 Å². The summed E-state index contributed by atoms with van der Waals surface area (Å²) in [6.07, 6.45) is 17.7. The number of nitrogens with zero attached hydrogens (tertiary/aromatic N) is 1. The van der Waals surface area contributed by atoms with Crippen molar-refractivity contribution >= 4 is 13.7 Å². The van der Waals surface area contributed by atoms with Gasteiger partial charge in [0.05, 0.1) is 33.9 Å². The molecule has 1 N–H and O–H groups in total. The summed E-state index contributed by atoms with van der Waals surface area (Å²) in [4.78, 5) is 24.4. The molecule has 0 aromatic carbocycles. The fourth-order valence-electron chi connectivity index (χ4n) is 3.85. The fraction of sp³-hybridized carbons (Fsp3) is 0.964. The summed E-state index contributed by atoms with van der Waals surface area (Å²) in [5.41, 5.74) is 0. The second-order valence-electron chi connectivity index (χ2n) is 11.2. The predicted molar refractivity (Wildman–Crippen MR) is 150 cm³/mol. The van der Waals surface area contributed by atoms with E-state index >= 15 is 0 Å². The quantitative estimate of drug-likeness (QED) is 0.0768. The topological polar surface area (TPSA) is 96.9 Å². The van der Waals surface area contributed by atoms with Gasteiger partial charge < -0.3 is 28.5 Å². The maximum absolute atomic E-state index is 12.2. The lowest BCUT2D eigenvalue weighted by Gasteiger charge is -2.28. The third-order valence-corrected chi connectivity index (χ3v) is 7.28. The summed E-state index contributed by atoms with van der Waals surface area (Å²) in [5.74, 6) is -0.0338. The van der Waals surface area contributed by atoms with E-state index in [1.54, 1.807) is 0 Å². The lowest BCUT2D eigenvalue weighted by molar-refractivity contribution is -0.870. The van der Waals surface area contributed by atoms with E-state index in [1.807, 2.05) is 21.1 Å². The van der Waals surface area contributed by atoms with Crippen molar-refractivity contribution in [3.8, 4) is 0 Å². The number of unbranched alkanes of at least 4 members (excludes halogenated alkanes) is 13. The van der Waals surface area contributed by atoms with Crippen LogP contribution >= 0.6 is 7.82 Å². The first-order chi connectivity index (χ1) is 17.6. The first-order valence-corrected chi connectivity index (χ1v) is 16.3. The molecule has 0 saturated heterocycles. The van der Waals surface area contributed by atoms with Crippen molar-refractivity contribution in [3.05, 3.63) is 0 Å². The van der Waals surface area contributed by atoms with Crippen molar-refractivity contribution in [2.45, 2.75) is 123 Å². The van der Waals surface area contributed by atoms with E-state index in [0.717, 1.165) is 32.1 Å². The van der Waals surface area contributed by atoms with Crippen molar-refractivity contribution in [1.29, 1.82) is 0 Å². The zero-order valence-corrected chi connectivity index (χ0v) is 25.7. The molecule has 0 aliphatic rings. The lowest BCUT2D eigenvalue weighted by Crippen LogP contribution is -2.38. The molecule has 0 fully saturated rings. The highest BCUT2D eigenvalue weighted by Gasteiger charge is 2.18. The number of rotatable bonds is 27. The third-order valence-electron chi connectivity index (χ3n) is 6.32. The molecule has 222 valence electrons. The van der Waals surface area contributed by atoms with Gasteiger partial charge in [-0.15, -0.1) is 0 Å². The van der Waals surface area contributed by atoms with E-state index in [4.69, 9.17) is 13.8 Å². The Labute approximate surface area is 228 Å². The van der Waals surface area contributed by atoms with Crippen LogP contribution in [0.2, 0.25) is 0 Å². The van der Waals surface area contributed by atoms with Crippen LogP contribution in [0.3, 0.4) is 0 Å². The molecule has 0 aliphatic heterocycles. The molecule has 0 aliphatic carbocycles. The molecule has 0 rings (SSSR count). The van der Waals surface area contributed by atoms with E-state index in [0.29, 0.717) is 24.1 Å². The molecule has 0 bridgehead atoms. The van der Waals surface area contributed by atoms with Crippen molar-refractivity contribution < 1.29 is 32.5 Å². The average molecular weight is 551 g/mol. The third kappa shape index (κ3) is 26.9. The summed E-state index contributed by atoms with van der Waals surface area (Å²) < 4.78 is 28.8. The Morgan fingerprint density at radius 2 is 1.30 bits per heavy atom. The molecular formula is C28H59N2O6P. The van der Waals surface area contributed by atoms with Crippen LogP contribution in [-0.4, -0.2) is 70.5 Å². The SMILES string of the molecule is CCCCCCCCCCCCO[C@H](CNC(=O)CCCCCCC)COP(=O)([O-])OCC[N+](C)(C)C. The van der Waals surface area contributed by atoms with Gasteiger partial charge in [0.1, 0.15) is 13.2 Å². The summed E-state index contributed by atoms with van der Waals surface area (Å²) in [6.45, 7) is 5.59. The van der Waals surface area contributed by atoms with Gasteiger partial charge in [0, 0.05) is 19.6 Å². The number of carbonyl (C=O) groups is 1. The van der Waals surface area contributed by atoms with Crippen LogP contribution in [-0.2, 0) is 23.1 Å². The Hall–Kier alpha value is -0.500. The average Bonchev–Trinajstić information content (AvgIpc) is 2.82. The van der Waals surface area contributed by atoms with Crippen LogP contribution in [0.4, 0.5) is 0 Å². The Kier molecular flexibility index (Phi) is 23.1. The predicted octanol–water partition coefficient (Wildman–Crippen LogP) is 5.98. The fourth-order valence-corrected chi connectivity index (χ4v) is 4.58. The van der Waals surface area contributed by atoms with Crippen LogP contribution in [0, 0.1) is 0 Å². The van der Waals surface area contributed by atoms with E-state index in [-0.39, 0.29) is 25.7 Å². The molecule has 9 heteroatoms. The zero-order valence-electron chi connectivity index (χ0n) is 24.8. The number of quaternary nitrogens is 1. The molecule has 0 spiro atoms. The van der Waals surface area contributed by atoms with Gasteiger partial charge in [-0.2, -0.15) is 0 Å². The maximum atomic E-state index is 12.2. The van der Waals surface area contributed by atoms with Gasteiger partial charge in [0.2, 0.25) is 5.91 Å². The zero-order chi connectivity index (χ0) is 27.8. The number of hydrogen-bond donors (Lipinski definition) is 1. The first kappa shape index (κ1) is 36.5. The van der Waals surface area contributed by atoms with Gasteiger partial charge in [-0.1, -0.05) is 97.3 Å². The van der Waals surface area contributed by atoms with Crippen LogP contribution in [0.5, 0.6) is 0 Å². The van der Waals surface area contributed by atoms with Gasteiger partial charge in [0.15, 0.2) is 0 Å². The molecule has 1 amide bonds. The Balaban J connectivity index is 4.36. The monoisotopic (exact) mass is 550 g/mol. The van der Waals surface area contributed by atoms with Gasteiger partial charge in [-0.25, -0.2) is 0 Å². The second kappa shape index (κ2) is 23.4. The molecule has 0 aromatic heterocycles.